The first-order chi connectivity index (χ1) is 9.78. The molecule has 3 rings (SSSR count). The van der Waals surface area contributed by atoms with Crippen LogP contribution < -0.4 is 5.73 Å². The lowest BCUT2D eigenvalue weighted by Gasteiger charge is -2.01. The molecule has 0 saturated carbocycles. The third-order valence-corrected chi connectivity index (χ3v) is 3.36. The maximum absolute atomic E-state index is 6.05. The number of halogens is 1. The van der Waals surface area contributed by atoms with Crippen molar-refractivity contribution in [3.8, 4) is 16.9 Å². The lowest BCUT2D eigenvalue weighted by atomic mass is 10.1. The molecular formula is C16H14ClN3. The van der Waals surface area contributed by atoms with E-state index in [4.69, 9.17) is 17.3 Å². The Balaban J connectivity index is 2.10. The third kappa shape index (κ3) is 2.46. The monoisotopic (exact) mass is 283 g/mol. The van der Waals surface area contributed by atoms with Crippen LogP contribution in [0.2, 0.25) is 5.02 Å². The summed E-state index contributed by atoms with van der Waals surface area (Å²) in [6, 6.07) is 17.6. The van der Waals surface area contributed by atoms with Gasteiger partial charge in [0.1, 0.15) is 0 Å². The van der Waals surface area contributed by atoms with E-state index < -0.39 is 0 Å². The van der Waals surface area contributed by atoms with Gasteiger partial charge in [-0.15, -0.1) is 0 Å². The Labute approximate surface area is 122 Å². The zero-order valence-electron chi connectivity index (χ0n) is 10.8. The number of hydrogen-bond donors (Lipinski definition) is 1. The van der Waals surface area contributed by atoms with Crippen LogP contribution in [-0.2, 0) is 6.54 Å². The molecule has 1 heterocycles. The lowest BCUT2D eigenvalue weighted by molar-refractivity contribution is 0.883. The molecule has 2 N–H and O–H groups in total. The molecule has 0 unspecified atom stereocenters. The predicted molar refractivity (Wildman–Crippen MR) is 81.9 cm³/mol. The number of nitrogens with zero attached hydrogens (tertiary/aromatic N) is 2. The molecule has 20 heavy (non-hydrogen) atoms. The molecule has 4 heteroatoms. The van der Waals surface area contributed by atoms with Crippen molar-refractivity contribution >= 4 is 11.6 Å². The van der Waals surface area contributed by atoms with E-state index in [-0.39, 0.29) is 0 Å². The Morgan fingerprint density at radius 1 is 1.05 bits per heavy atom. The van der Waals surface area contributed by atoms with Crippen molar-refractivity contribution in [2.75, 3.05) is 0 Å². The van der Waals surface area contributed by atoms with Crippen molar-refractivity contribution in [2.24, 2.45) is 5.73 Å². The van der Waals surface area contributed by atoms with Gasteiger partial charge in [0.25, 0.3) is 0 Å². The summed E-state index contributed by atoms with van der Waals surface area (Å²) >= 11 is 6.05. The Morgan fingerprint density at radius 2 is 1.85 bits per heavy atom. The highest BCUT2D eigenvalue weighted by molar-refractivity contribution is 6.30. The van der Waals surface area contributed by atoms with Gasteiger partial charge in [0.05, 0.1) is 11.4 Å². The molecule has 3 aromatic rings. The topological polar surface area (TPSA) is 43.8 Å². The fourth-order valence-corrected chi connectivity index (χ4v) is 2.34. The molecule has 0 aliphatic carbocycles. The highest BCUT2D eigenvalue weighted by Gasteiger charge is 2.11. The van der Waals surface area contributed by atoms with Gasteiger partial charge in [0, 0.05) is 28.9 Å². The van der Waals surface area contributed by atoms with Gasteiger partial charge >= 0.3 is 0 Å². The summed E-state index contributed by atoms with van der Waals surface area (Å²) in [5.41, 5.74) is 9.69. The SMILES string of the molecule is NCc1cn(-c2ccccc2)nc1-c1cccc(Cl)c1. The van der Waals surface area contributed by atoms with Gasteiger partial charge in [-0.2, -0.15) is 5.10 Å². The molecular weight excluding hydrogens is 270 g/mol. The van der Waals surface area contributed by atoms with E-state index in [1.807, 2.05) is 65.5 Å². The average Bonchev–Trinajstić information content (AvgIpc) is 2.92. The molecule has 0 spiro atoms. The highest BCUT2D eigenvalue weighted by atomic mass is 35.5. The van der Waals surface area contributed by atoms with Crippen LogP contribution in [0.4, 0.5) is 0 Å². The van der Waals surface area contributed by atoms with Crippen molar-refractivity contribution < 1.29 is 0 Å². The van der Waals surface area contributed by atoms with E-state index in [1.54, 1.807) is 0 Å². The summed E-state index contributed by atoms with van der Waals surface area (Å²) in [5, 5.41) is 5.33. The van der Waals surface area contributed by atoms with E-state index in [0.29, 0.717) is 11.6 Å². The number of aromatic nitrogens is 2. The summed E-state index contributed by atoms with van der Waals surface area (Å²) < 4.78 is 1.85. The Morgan fingerprint density at radius 3 is 2.55 bits per heavy atom. The molecule has 1 aromatic heterocycles. The van der Waals surface area contributed by atoms with Gasteiger partial charge in [-0.25, -0.2) is 4.68 Å². The van der Waals surface area contributed by atoms with E-state index >= 15 is 0 Å². The zero-order chi connectivity index (χ0) is 13.9. The second-order valence-corrected chi connectivity index (χ2v) is 4.93. The first-order valence-corrected chi connectivity index (χ1v) is 6.75. The van der Waals surface area contributed by atoms with Crippen molar-refractivity contribution in [1.82, 2.24) is 9.78 Å². The fourth-order valence-electron chi connectivity index (χ4n) is 2.15. The molecule has 0 fully saturated rings. The molecule has 0 atom stereocenters. The molecule has 0 saturated heterocycles. The van der Waals surface area contributed by atoms with Crippen molar-refractivity contribution in [2.45, 2.75) is 6.54 Å². The molecule has 0 aliphatic heterocycles. The average molecular weight is 284 g/mol. The third-order valence-electron chi connectivity index (χ3n) is 3.13. The second-order valence-electron chi connectivity index (χ2n) is 4.50. The highest BCUT2D eigenvalue weighted by Crippen LogP contribution is 2.25. The Kier molecular flexibility index (Phi) is 3.54. The van der Waals surface area contributed by atoms with Crippen LogP contribution in [0.3, 0.4) is 0 Å². The lowest BCUT2D eigenvalue weighted by Crippen LogP contribution is -1.96. The maximum atomic E-state index is 6.05. The van der Waals surface area contributed by atoms with Gasteiger partial charge in [-0.05, 0) is 24.3 Å². The van der Waals surface area contributed by atoms with E-state index in [1.165, 1.54) is 0 Å². The molecule has 3 nitrogen and oxygen atoms in total. The maximum Gasteiger partial charge on any atom is 0.0972 e. The minimum Gasteiger partial charge on any atom is -0.326 e. The minimum absolute atomic E-state index is 0.439. The van der Waals surface area contributed by atoms with Crippen LogP contribution in [0.15, 0.2) is 60.8 Å². The van der Waals surface area contributed by atoms with E-state index in [0.717, 1.165) is 22.5 Å². The summed E-state index contributed by atoms with van der Waals surface area (Å²) in [6.45, 7) is 0.439. The van der Waals surface area contributed by atoms with Crippen LogP contribution in [0.5, 0.6) is 0 Å². The molecule has 100 valence electrons. The van der Waals surface area contributed by atoms with E-state index in [9.17, 15) is 0 Å². The van der Waals surface area contributed by atoms with Crippen LogP contribution in [0.1, 0.15) is 5.56 Å². The minimum atomic E-state index is 0.439. The van der Waals surface area contributed by atoms with Crippen LogP contribution in [0, 0.1) is 0 Å². The zero-order valence-corrected chi connectivity index (χ0v) is 11.6. The van der Waals surface area contributed by atoms with E-state index in [2.05, 4.69) is 5.10 Å². The van der Waals surface area contributed by atoms with Gasteiger partial charge in [0.2, 0.25) is 0 Å². The number of rotatable bonds is 3. The van der Waals surface area contributed by atoms with Crippen LogP contribution in [-0.4, -0.2) is 9.78 Å². The Hall–Kier alpha value is -2.10. The van der Waals surface area contributed by atoms with Gasteiger partial charge in [-0.1, -0.05) is 41.9 Å². The van der Waals surface area contributed by atoms with Gasteiger partial charge in [-0.3, -0.25) is 0 Å². The Bertz CT molecular complexity index is 720. The number of benzene rings is 2. The summed E-state index contributed by atoms with van der Waals surface area (Å²) in [7, 11) is 0. The largest absolute Gasteiger partial charge is 0.326 e. The van der Waals surface area contributed by atoms with Crippen molar-refractivity contribution in [3.63, 3.8) is 0 Å². The quantitative estimate of drug-likeness (QED) is 0.797. The normalized spacial score (nSPS) is 10.7. The fraction of sp³-hybridized carbons (Fsp3) is 0.0625. The first-order valence-electron chi connectivity index (χ1n) is 6.38. The van der Waals surface area contributed by atoms with Crippen LogP contribution >= 0.6 is 11.6 Å². The first kappa shape index (κ1) is 12.9. The smallest absolute Gasteiger partial charge is 0.0972 e. The summed E-state index contributed by atoms with van der Waals surface area (Å²) in [5.74, 6) is 0. The molecule has 0 amide bonds. The number of para-hydroxylation sites is 1. The molecule has 0 aliphatic rings. The van der Waals surface area contributed by atoms with Crippen LogP contribution in [0.25, 0.3) is 16.9 Å². The van der Waals surface area contributed by atoms with Crippen molar-refractivity contribution in [3.05, 3.63) is 71.4 Å². The summed E-state index contributed by atoms with van der Waals surface area (Å²) in [6.07, 6.45) is 1.96. The summed E-state index contributed by atoms with van der Waals surface area (Å²) in [4.78, 5) is 0. The number of nitrogens with two attached hydrogens (primary N) is 1. The van der Waals surface area contributed by atoms with Gasteiger partial charge < -0.3 is 5.73 Å². The molecule has 0 bridgehead atoms. The molecule has 2 aromatic carbocycles. The standard InChI is InChI=1S/C16H14ClN3/c17-14-6-4-5-12(9-14)16-13(10-18)11-20(19-16)15-7-2-1-3-8-15/h1-9,11H,10,18H2. The molecule has 0 radical (unpaired) electrons. The number of hydrogen-bond acceptors (Lipinski definition) is 2. The van der Waals surface area contributed by atoms with Gasteiger partial charge in [0.15, 0.2) is 0 Å². The second kappa shape index (κ2) is 5.49. The van der Waals surface area contributed by atoms with Crippen molar-refractivity contribution in [1.29, 1.82) is 0 Å². The predicted octanol–water partition coefficient (Wildman–Crippen LogP) is 3.65.